The molecule has 2 saturated carbocycles. The van der Waals surface area contributed by atoms with Gasteiger partial charge in [-0.2, -0.15) is 10.4 Å². The lowest BCUT2D eigenvalue weighted by atomic mass is 9.70. The first kappa shape index (κ1) is 25.0. The number of hydrogen-bond donors (Lipinski definition) is 0. The van der Waals surface area contributed by atoms with Crippen molar-refractivity contribution in [1.82, 2.24) is 10.2 Å². The number of nitriles is 1. The molecule has 4 heteroatoms. The molecule has 1 aromatic heterocycles. The highest BCUT2D eigenvalue weighted by atomic mass is 16.5. The maximum absolute atomic E-state index is 9.85. The van der Waals surface area contributed by atoms with Crippen molar-refractivity contribution in [3.8, 4) is 11.9 Å². The lowest BCUT2D eigenvalue weighted by molar-refractivity contribution is 0.178. The summed E-state index contributed by atoms with van der Waals surface area (Å²) in [6, 6.07) is 6.76. The first-order chi connectivity index (χ1) is 15.7. The molecule has 0 bridgehead atoms. The van der Waals surface area contributed by atoms with Crippen molar-refractivity contribution in [2.24, 2.45) is 29.6 Å². The van der Waals surface area contributed by atoms with Crippen LogP contribution in [0.1, 0.15) is 109 Å². The molecule has 0 spiro atoms. The topological polar surface area (TPSA) is 58.8 Å². The van der Waals surface area contributed by atoms with Crippen molar-refractivity contribution in [2.45, 2.75) is 110 Å². The Bertz CT molecular complexity index is 667. The Morgan fingerprint density at radius 3 is 2.22 bits per heavy atom. The summed E-state index contributed by atoms with van der Waals surface area (Å²) in [5.74, 6) is 4.11. The number of unbranched alkanes of at least 4 members (excludes halogenated alkanes) is 1. The van der Waals surface area contributed by atoms with Gasteiger partial charge < -0.3 is 4.74 Å². The van der Waals surface area contributed by atoms with E-state index in [-0.39, 0.29) is 0 Å². The van der Waals surface area contributed by atoms with E-state index in [1.165, 1.54) is 70.6 Å². The summed E-state index contributed by atoms with van der Waals surface area (Å²) in [7, 11) is 0. The molecule has 0 radical (unpaired) electrons. The fourth-order valence-corrected chi connectivity index (χ4v) is 5.98. The third-order valence-corrected chi connectivity index (χ3v) is 8.13. The van der Waals surface area contributed by atoms with E-state index in [2.05, 4.69) is 36.2 Å². The molecular formula is C28H45N3O. The van der Waals surface area contributed by atoms with Crippen LogP contribution in [0.15, 0.2) is 12.1 Å². The van der Waals surface area contributed by atoms with E-state index < -0.39 is 0 Å². The number of aryl methyl sites for hydroxylation is 1. The number of rotatable bonds is 12. The molecule has 0 saturated heterocycles. The molecule has 1 unspecified atom stereocenters. The maximum Gasteiger partial charge on any atom is 0.233 e. The molecular weight excluding hydrogens is 394 g/mol. The molecule has 1 atom stereocenters. The summed E-state index contributed by atoms with van der Waals surface area (Å²) in [5.41, 5.74) is 1.08. The normalized spacial score (nSPS) is 26.9. The molecule has 0 aromatic carbocycles. The van der Waals surface area contributed by atoms with Crippen LogP contribution >= 0.6 is 0 Å². The van der Waals surface area contributed by atoms with Gasteiger partial charge in [0.1, 0.15) is 0 Å². The highest BCUT2D eigenvalue weighted by Gasteiger charge is 2.30. The number of hydrogen-bond acceptors (Lipinski definition) is 4. The summed E-state index contributed by atoms with van der Waals surface area (Å²) >= 11 is 0. The summed E-state index contributed by atoms with van der Waals surface area (Å²) in [5, 5.41) is 18.4. The van der Waals surface area contributed by atoms with Gasteiger partial charge in [0.15, 0.2) is 0 Å². The maximum atomic E-state index is 9.85. The van der Waals surface area contributed by atoms with Crippen LogP contribution in [0, 0.1) is 40.9 Å². The highest BCUT2D eigenvalue weighted by Crippen LogP contribution is 2.41. The molecule has 3 rings (SSSR count). The number of aromatic nitrogens is 2. The van der Waals surface area contributed by atoms with Gasteiger partial charge in [0.25, 0.3) is 0 Å². The van der Waals surface area contributed by atoms with Crippen molar-refractivity contribution in [3.63, 3.8) is 0 Å². The zero-order valence-corrected chi connectivity index (χ0v) is 20.6. The Kier molecular flexibility index (Phi) is 10.8. The van der Waals surface area contributed by atoms with Crippen molar-refractivity contribution in [3.05, 3.63) is 17.8 Å². The zero-order valence-electron chi connectivity index (χ0n) is 20.6. The van der Waals surface area contributed by atoms with Gasteiger partial charge in [-0.1, -0.05) is 71.6 Å². The quantitative estimate of drug-likeness (QED) is 0.316. The minimum atomic E-state index is 0.299. The molecule has 0 N–H and O–H groups in total. The SMILES string of the molecule is CCCCOc1ccc(CCC2CCC(CC(C#N)C3CCC(CCC)CC3)CC2)nn1. The number of ether oxygens (including phenoxy) is 1. The van der Waals surface area contributed by atoms with Crippen molar-refractivity contribution >= 4 is 0 Å². The van der Waals surface area contributed by atoms with Crippen LogP contribution in [0.2, 0.25) is 0 Å². The highest BCUT2D eigenvalue weighted by molar-refractivity contribution is 5.11. The summed E-state index contributed by atoms with van der Waals surface area (Å²) < 4.78 is 5.61. The van der Waals surface area contributed by atoms with Crippen LogP contribution in [-0.2, 0) is 6.42 Å². The molecule has 1 aromatic rings. The van der Waals surface area contributed by atoms with Gasteiger partial charge in [-0.15, -0.1) is 5.10 Å². The Morgan fingerprint density at radius 1 is 0.906 bits per heavy atom. The molecule has 0 aliphatic heterocycles. The first-order valence-corrected chi connectivity index (χ1v) is 13.6. The molecule has 2 aliphatic rings. The van der Waals surface area contributed by atoms with Crippen molar-refractivity contribution in [1.29, 1.82) is 5.26 Å². The van der Waals surface area contributed by atoms with E-state index in [9.17, 15) is 5.26 Å². The Balaban J connectivity index is 1.33. The van der Waals surface area contributed by atoms with Gasteiger partial charge in [0, 0.05) is 12.0 Å². The lowest BCUT2D eigenvalue weighted by Crippen LogP contribution is -2.24. The van der Waals surface area contributed by atoms with E-state index in [4.69, 9.17) is 4.74 Å². The molecule has 4 nitrogen and oxygen atoms in total. The largest absolute Gasteiger partial charge is 0.477 e. The molecule has 0 amide bonds. The van der Waals surface area contributed by atoms with E-state index >= 15 is 0 Å². The lowest BCUT2D eigenvalue weighted by Gasteiger charge is -2.34. The van der Waals surface area contributed by atoms with E-state index in [1.807, 2.05) is 6.07 Å². The summed E-state index contributed by atoms with van der Waals surface area (Å²) in [6.45, 7) is 5.18. The van der Waals surface area contributed by atoms with Crippen molar-refractivity contribution in [2.75, 3.05) is 6.61 Å². The summed E-state index contributed by atoms with van der Waals surface area (Å²) in [6.07, 6.45) is 18.8. The van der Waals surface area contributed by atoms with Gasteiger partial charge in [-0.25, -0.2) is 0 Å². The fraction of sp³-hybridized carbons (Fsp3) is 0.821. The average molecular weight is 440 g/mol. The second-order valence-electron chi connectivity index (χ2n) is 10.5. The smallest absolute Gasteiger partial charge is 0.233 e. The van der Waals surface area contributed by atoms with Crippen LogP contribution in [0.5, 0.6) is 5.88 Å². The van der Waals surface area contributed by atoms with Crippen LogP contribution in [0.4, 0.5) is 0 Å². The van der Waals surface area contributed by atoms with E-state index in [0.29, 0.717) is 17.7 Å². The zero-order chi connectivity index (χ0) is 22.6. The van der Waals surface area contributed by atoms with Crippen LogP contribution in [-0.4, -0.2) is 16.8 Å². The van der Waals surface area contributed by atoms with E-state index in [1.54, 1.807) is 0 Å². The minimum Gasteiger partial charge on any atom is -0.477 e. The van der Waals surface area contributed by atoms with Gasteiger partial charge in [-0.05, 0) is 68.3 Å². The predicted octanol–water partition coefficient (Wildman–Crippen LogP) is 7.53. The molecule has 178 valence electrons. The number of nitrogens with zero attached hydrogens (tertiary/aromatic N) is 3. The summed E-state index contributed by atoms with van der Waals surface area (Å²) in [4.78, 5) is 0. The van der Waals surface area contributed by atoms with Gasteiger partial charge in [0.05, 0.1) is 18.4 Å². The van der Waals surface area contributed by atoms with Gasteiger partial charge in [0.2, 0.25) is 5.88 Å². The molecule has 2 aliphatic carbocycles. The van der Waals surface area contributed by atoms with Crippen LogP contribution < -0.4 is 4.74 Å². The van der Waals surface area contributed by atoms with Gasteiger partial charge in [-0.3, -0.25) is 0 Å². The monoisotopic (exact) mass is 439 g/mol. The second-order valence-corrected chi connectivity index (χ2v) is 10.5. The predicted molar refractivity (Wildman–Crippen MR) is 130 cm³/mol. The molecule has 1 heterocycles. The molecule has 2 fully saturated rings. The third-order valence-electron chi connectivity index (χ3n) is 8.13. The fourth-order valence-electron chi connectivity index (χ4n) is 5.98. The Labute approximate surface area is 196 Å². The molecule has 32 heavy (non-hydrogen) atoms. The van der Waals surface area contributed by atoms with Gasteiger partial charge >= 0.3 is 0 Å². The van der Waals surface area contributed by atoms with Crippen molar-refractivity contribution < 1.29 is 4.74 Å². The Hall–Kier alpha value is -1.63. The van der Waals surface area contributed by atoms with E-state index in [0.717, 1.165) is 55.7 Å². The van der Waals surface area contributed by atoms with Crippen LogP contribution in [0.25, 0.3) is 0 Å². The minimum absolute atomic E-state index is 0.299. The average Bonchev–Trinajstić information content (AvgIpc) is 2.84. The second kappa shape index (κ2) is 13.8. The first-order valence-electron chi connectivity index (χ1n) is 13.6. The third kappa shape index (κ3) is 8.05. The standard InChI is InChI=1S/C28H45N3O/c1-3-5-19-32-28-18-17-27(30-31-28)16-13-23-7-9-24(10-8-23)20-26(21-29)25-14-11-22(6-4-2)12-15-25/h17-18,22-26H,3-16,19-20H2,1-2H3. The van der Waals surface area contributed by atoms with Crippen LogP contribution in [0.3, 0.4) is 0 Å². The Morgan fingerprint density at radius 2 is 1.59 bits per heavy atom.